The zero-order valence-corrected chi connectivity index (χ0v) is 21.0. The van der Waals surface area contributed by atoms with E-state index in [2.05, 4.69) is 45.5 Å². The van der Waals surface area contributed by atoms with Gasteiger partial charge in [-0.3, -0.25) is 4.79 Å². The first-order chi connectivity index (χ1) is 18.2. The second-order valence-corrected chi connectivity index (χ2v) is 10.0. The first kappa shape index (κ1) is 25.3. The lowest BCUT2D eigenvalue weighted by Crippen LogP contribution is -2.38. The average Bonchev–Trinajstić information content (AvgIpc) is 3.23. The van der Waals surface area contributed by atoms with Crippen LogP contribution in [0, 0.1) is 17.2 Å². The van der Waals surface area contributed by atoms with Gasteiger partial charge in [-0.25, -0.2) is 15.0 Å². The molecular formula is C27H27F2N7O2. The number of nitrogens with zero attached hydrogens (tertiary/aromatic N) is 5. The van der Waals surface area contributed by atoms with Gasteiger partial charge in [-0.1, -0.05) is 13.8 Å². The summed E-state index contributed by atoms with van der Waals surface area (Å²) in [6, 6.07) is 10.3. The number of aromatic nitrogens is 3. The lowest BCUT2D eigenvalue weighted by molar-refractivity contribution is -0.0494. The van der Waals surface area contributed by atoms with Gasteiger partial charge in [0.25, 0.3) is 5.91 Å². The van der Waals surface area contributed by atoms with Crippen molar-refractivity contribution in [2.75, 3.05) is 30.3 Å². The van der Waals surface area contributed by atoms with Gasteiger partial charge in [0.05, 0.1) is 17.5 Å². The van der Waals surface area contributed by atoms with Crippen LogP contribution >= 0.6 is 0 Å². The maximum atomic E-state index is 13.2. The fourth-order valence-corrected chi connectivity index (χ4v) is 4.71. The number of nitrogens with one attached hydrogen (secondary N) is 2. The van der Waals surface area contributed by atoms with Gasteiger partial charge in [0.1, 0.15) is 11.6 Å². The zero-order chi connectivity index (χ0) is 26.9. The topological polar surface area (TPSA) is 116 Å². The predicted molar refractivity (Wildman–Crippen MR) is 137 cm³/mol. The number of ether oxygens (including phenoxy) is 1. The number of amides is 1. The van der Waals surface area contributed by atoms with Crippen LogP contribution in [0.4, 0.5) is 26.2 Å². The third-order valence-electron chi connectivity index (χ3n) is 6.92. The Labute approximate surface area is 218 Å². The summed E-state index contributed by atoms with van der Waals surface area (Å²) in [7, 11) is 0. The molecule has 1 amide bonds. The van der Waals surface area contributed by atoms with E-state index in [0.717, 1.165) is 23.5 Å². The third-order valence-corrected chi connectivity index (χ3v) is 6.92. The van der Waals surface area contributed by atoms with Crippen LogP contribution in [0.5, 0.6) is 5.75 Å². The number of carbonyl (C=O) groups excluding carboxylic acids is 1. The molecule has 0 bridgehead atoms. The fraction of sp³-hybridized carbons (Fsp3) is 0.370. The maximum Gasteiger partial charge on any atom is 0.387 e. The molecule has 0 radical (unpaired) electrons. The van der Waals surface area contributed by atoms with E-state index in [9.17, 15) is 13.6 Å². The Morgan fingerprint density at radius 1 is 1.24 bits per heavy atom. The molecule has 0 saturated carbocycles. The van der Waals surface area contributed by atoms with Crippen LogP contribution in [-0.2, 0) is 5.41 Å². The minimum absolute atomic E-state index is 0.0707. The Kier molecular flexibility index (Phi) is 6.80. The van der Waals surface area contributed by atoms with Crippen molar-refractivity contribution >= 4 is 23.4 Å². The molecule has 3 aromatic rings. The van der Waals surface area contributed by atoms with E-state index in [1.165, 1.54) is 12.1 Å². The summed E-state index contributed by atoms with van der Waals surface area (Å²) in [4.78, 5) is 27.9. The number of alkyl halides is 2. The van der Waals surface area contributed by atoms with Crippen LogP contribution in [0.25, 0.3) is 11.3 Å². The van der Waals surface area contributed by atoms with E-state index in [4.69, 9.17) is 10.00 Å². The van der Waals surface area contributed by atoms with E-state index < -0.39 is 6.61 Å². The molecule has 9 nitrogen and oxygen atoms in total. The quantitative estimate of drug-likeness (QED) is 0.469. The number of halogens is 2. The van der Waals surface area contributed by atoms with Crippen molar-refractivity contribution in [3.8, 4) is 23.1 Å². The van der Waals surface area contributed by atoms with E-state index in [1.54, 1.807) is 29.4 Å². The summed E-state index contributed by atoms with van der Waals surface area (Å²) in [5.74, 6) is 0.460. The van der Waals surface area contributed by atoms with Gasteiger partial charge < -0.3 is 20.3 Å². The molecule has 0 aliphatic carbocycles. The molecule has 4 heterocycles. The summed E-state index contributed by atoms with van der Waals surface area (Å²) < 4.78 is 31.2. The number of fused-ring (bicyclic) bond motifs is 1. The van der Waals surface area contributed by atoms with Crippen molar-refractivity contribution in [1.82, 2.24) is 19.9 Å². The summed E-state index contributed by atoms with van der Waals surface area (Å²) in [5.41, 5.74) is 2.85. The highest BCUT2D eigenvalue weighted by Crippen LogP contribution is 2.37. The van der Waals surface area contributed by atoms with Crippen molar-refractivity contribution < 1.29 is 18.3 Å². The molecule has 0 spiro atoms. The number of benzene rings is 1. The van der Waals surface area contributed by atoms with Gasteiger partial charge >= 0.3 is 6.61 Å². The fourth-order valence-electron chi connectivity index (χ4n) is 4.71. The number of anilines is 3. The molecule has 5 rings (SSSR count). The Morgan fingerprint density at radius 2 is 2.03 bits per heavy atom. The number of likely N-dealkylation sites (tertiary alicyclic amines) is 1. The van der Waals surface area contributed by atoms with Gasteiger partial charge in [-0.2, -0.15) is 14.0 Å². The van der Waals surface area contributed by atoms with Gasteiger partial charge in [0.15, 0.2) is 0 Å². The van der Waals surface area contributed by atoms with Crippen molar-refractivity contribution in [1.29, 1.82) is 5.26 Å². The van der Waals surface area contributed by atoms with Crippen molar-refractivity contribution in [2.24, 2.45) is 5.92 Å². The van der Waals surface area contributed by atoms with Crippen LogP contribution in [-0.4, -0.2) is 52.0 Å². The lowest BCUT2D eigenvalue weighted by atomic mass is 9.87. The zero-order valence-electron chi connectivity index (χ0n) is 21.0. The molecule has 0 atom stereocenters. The Balaban J connectivity index is 1.38. The monoisotopic (exact) mass is 519 g/mol. The molecule has 2 aliphatic rings. The van der Waals surface area contributed by atoms with E-state index >= 15 is 0 Å². The van der Waals surface area contributed by atoms with Crippen LogP contribution in [0.3, 0.4) is 0 Å². The smallest absolute Gasteiger partial charge is 0.387 e. The lowest BCUT2D eigenvalue weighted by Gasteiger charge is -2.29. The number of carbonyl (C=O) groups is 1. The normalized spacial score (nSPS) is 16.5. The van der Waals surface area contributed by atoms with Crippen molar-refractivity contribution in [3.63, 3.8) is 0 Å². The molecule has 2 aliphatic heterocycles. The van der Waals surface area contributed by atoms with E-state index in [0.29, 0.717) is 31.6 Å². The Hall–Kier alpha value is -4.33. The summed E-state index contributed by atoms with van der Waals surface area (Å²) in [5, 5.41) is 15.3. The highest BCUT2D eigenvalue weighted by molar-refractivity contribution is 5.95. The molecule has 2 aromatic heterocycles. The molecule has 1 fully saturated rings. The summed E-state index contributed by atoms with van der Waals surface area (Å²) >= 11 is 0. The molecule has 196 valence electrons. The van der Waals surface area contributed by atoms with Crippen molar-refractivity contribution in [3.05, 3.63) is 53.9 Å². The average molecular weight is 520 g/mol. The first-order valence-corrected chi connectivity index (χ1v) is 12.4. The number of hydrogen-bond acceptors (Lipinski definition) is 8. The molecule has 11 heteroatoms. The minimum Gasteiger partial charge on any atom is -0.433 e. The number of piperidine rings is 1. The molecule has 2 N–H and O–H groups in total. The second-order valence-electron chi connectivity index (χ2n) is 10.0. The largest absolute Gasteiger partial charge is 0.433 e. The highest BCUT2D eigenvalue weighted by Gasteiger charge is 2.31. The molecular weight excluding hydrogens is 492 g/mol. The number of nitriles is 1. The standard InChI is InChI=1S/C27H27F2N7O2/c1-27(2)15-33-23-19(27)11-18(14-32-23)20-5-8-31-26(34-20)35-21-4-3-17(12-22(21)38-25(28)29)24(37)36-9-6-16(13-30)7-10-36/h3-5,8,11-12,14,16,25H,6-7,9-10,15H2,1-2H3,(H,32,33)(H,31,34,35). The molecule has 1 saturated heterocycles. The third kappa shape index (κ3) is 5.20. The van der Waals surface area contributed by atoms with Gasteiger partial charge in [-0.15, -0.1) is 0 Å². The second kappa shape index (κ2) is 10.2. The summed E-state index contributed by atoms with van der Waals surface area (Å²) in [6.07, 6.45) is 4.47. The molecule has 1 aromatic carbocycles. The van der Waals surface area contributed by atoms with Crippen LogP contribution in [0.15, 0.2) is 42.7 Å². The number of hydrogen-bond donors (Lipinski definition) is 2. The number of rotatable bonds is 6. The van der Waals surface area contributed by atoms with Gasteiger partial charge in [0.2, 0.25) is 5.95 Å². The minimum atomic E-state index is -3.09. The predicted octanol–water partition coefficient (Wildman–Crippen LogP) is 4.96. The molecule has 38 heavy (non-hydrogen) atoms. The highest BCUT2D eigenvalue weighted by atomic mass is 19.3. The first-order valence-electron chi connectivity index (χ1n) is 12.4. The van der Waals surface area contributed by atoms with Gasteiger partial charge in [-0.05, 0) is 43.2 Å². The van der Waals surface area contributed by atoms with Crippen LogP contribution in [0.2, 0.25) is 0 Å². The van der Waals surface area contributed by atoms with Gasteiger partial charge in [0, 0.05) is 60.1 Å². The number of pyridine rings is 1. The maximum absolute atomic E-state index is 13.2. The van der Waals surface area contributed by atoms with Crippen LogP contribution in [0.1, 0.15) is 42.6 Å². The van der Waals surface area contributed by atoms with E-state index in [-0.39, 0.29) is 40.2 Å². The Bertz CT molecular complexity index is 1400. The van der Waals surface area contributed by atoms with Crippen LogP contribution < -0.4 is 15.4 Å². The Morgan fingerprint density at radius 3 is 2.76 bits per heavy atom. The molecule has 0 unspecified atom stereocenters. The summed E-state index contributed by atoms with van der Waals surface area (Å²) in [6.45, 7) is 2.85. The SMILES string of the molecule is CC1(C)CNc2ncc(-c3ccnc(Nc4ccc(C(=O)N5CCC(C#N)CC5)cc4OC(F)F)n3)cc21. The van der Waals surface area contributed by atoms with E-state index in [1.807, 2.05) is 6.07 Å². The van der Waals surface area contributed by atoms with Crippen molar-refractivity contribution in [2.45, 2.75) is 38.7 Å².